The monoisotopic (exact) mass is 270 g/mol. The van der Waals surface area contributed by atoms with Gasteiger partial charge in [-0.1, -0.05) is 39.0 Å². The largest absolute Gasteiger partial charge is 0.508 e. The molecule has 0 aliphatic rings. The van der Waals surface area contributed by atoms with Crippen LogP contribution < -0.4 is 0 Å². The van der Waals surface area contributed by atoms with Crippen molar-refractivity contribution in [1.29, 1.82) is 0 Å². The van der Waals surface area contributed by atoms with Crippen LogP contribution in [0.15, 0.2) is 30.3 Å². The van der Waals surface area contributed by atoms with Gasteiger partial charge in [0.2, 0.25) is 0 Å². The maximum absolute atomic E-state index is 10.1. The van der Waals surface area contributed by atoms with Crippen LogP contribution in [0.25, 0.3) is 11.1 Å². The van der Waals surface area contributed by atoms with Gasteiger partial charge in [0.15, 0.2) is 0 Å². The average Bonchev–Trinajstić information content (AvgIpc) is 2.45. The molecule has 0 bridgehead atoms. The van der Waals surface area contributed by atoms with Gasteiger partial charge in [0.05, 0.1) is 0 Å². The maximum atomic E-state index is 10.1. The fourth-order valence-electron chi connectivity index (χ4n) is 2.66. The second kappa shape index (κ2) is 6.00. The summed E-state index contributed by atoms with van der Waals surface area (Å²) in [5, 5.41) is 19.9. The molecule has 20 heavy (non-hydrogen) atoms. The molecule has 106 valence electrons. The highest BCUT2D eigenvalue weighted by molar-refractivity contribution is 5.75. The number of phenolic OH excluding ortho intramolecular Hbond substituents is 2. The standard InChI is InChI=1S/C18H22O2/c1-4-12-7-8-13(5-2)16(9-12)17-10-14(19)11-18(20)15(17)6-3/h7-11,19-20H,4-6H2,1-3H3. The van der Waals surface area contributed by atoms with Crippen molar-refractivity contribution < 1.29 is 10.2 Å². The van der Waals surface area contributed by atoms with Gasteiger partial charge in [-0.2, -0.15) is 0 Å². The number of aryl methyl sites for hydroxylation is 2. The molecule has 2 rings (SSSR count). The molecule has 0 aliphatic heterocycles. The van der Waals surface area contributed by atoms with Crippen molar-refractivity contribution in [3.8, 4) is 22.6 Å². The molecule has 0 unspecified atom stereocenters. The van der Waals surface area contributed by atoms with Crippen LogP contribution in [0, 0.1) is 0 Å². The molecule has 0 saturated carbocycles. The molecule has 0 atom stereocenters. The van der Waals surface area contributed by atoms with Gasteiger partial charge in [0.25, 0.3) is 0 Å². The van der Waals surface area contributed by atoms with E-state index in [2.05, 4.69) is 32.0 Å². The van der Waals surface area contributed by atoms with E-state index in [1.165, 1.54) is 17.2 Å². The number of hydrogen-bond acceptors (Lipinski definition) is 2. The maximum Gasteiger partial charge on any atom is 0.123 e. The summed E-state index contributed by atoms with van der Waals surface area (Å²) in [6.07, 6.45) is 2.64. The Balaban J connectivity index is 2.72. The molecule has 2 nitrogen and oxygen atoms in total. The zero-order valence-corrected chi connectivity index (χ0v) is 12.4. The second-order valence-electron chi connectivity index (χ2n) is 5.04. The van der Waals surface area contributed by atoms with E-state index < -0.39 is 0 Å². The van der Waals surface area contributed by atoms with Crippen LogP contribution >= 0.6 is 0 Å². The van der Waals surface area contributed by atoms with Crippen LogP contribution in [0.5, 0.6) is 11.5 Å². The van der Waals surface area contributed by atoms with Gasteiger partial charge in [-0.15, -0.1) is 0 Å². The lowest BCUT2D eigenvalue weighted by Gasteiger charge is -2.15. The molecule has 0 aliphatic carbocycles. The zero-order valence-electron chi connectivity index (χ0n) is 12.4. The molecule has 0 saturated heterocycles. The minimum atomic E-state index is 0.110. The van der Waals surface area contributed by atoms with Crippen LogP contribution in [-0.4, -0.2) is 10.2 Å². The number of phenols is 2. The molecular weight excluding hydrogens is 248 g/mol. The van der Waals surface area contributed by atoms with E-state index in [1.54, 1.807) is 6.07 Å². The van der Waals surface area contributed by atoms with Crippen LogP contribution in [0.4, 0.5) is 0 Å². The zero-order chi connectivity index (χ0) is 14.7. The summed E-state index contributed by atoms with van der Waals surface area (Å²) < 4.78 is 0. The highest BCUT2D eigenvalue weighted by Gasteiger charge is 2.13. The average molecular weight is 270 g/mol. The van der Waals surface area contributed by atoms with Crippen LogP contribution in [0.2, 0.25) is 0 Å². The Morgan fingerprint density at radius 3 is 2.15 bits per heavy atom. The van der Waals surface area contributed by atoms with Gasteiger partial charge in [0.1, 0.15) is 11.5 Å². The van der Waals surface area contributed by atoms with Crippen LogP contribution in [0.1, 0.15) is 37.5 Å². The van der Waals surface area contributed by atoms with Crippen molar-refractivity contribution >= 4 is 0 Å². The summed E-state index contributed by atoms with van der Waals surface area (Å²) in [7, 11) is 0. The normalized spacial score (nSPS) is 10.8. The Morgan fingerprint density at radius 1 is 0.800 bits per heavy atom. The summed E-state index contributed by atoms with van der Waals surface area (Å²) >= 11 is 0. The van der Waals surface area contributed by atoms with Crippen molar-refractivity contribution in [2.75, 3.05) is 0 Å². The summed E-state index contributed by atoms with van der Waals surface area (Å²) in [6, 6.07) is 9.64. The molecular formula is C18H22O2. The highest BCUT2D eigenvalue weighted by atomic mass is 16.3. The summed E-state index contributed by atoms with van der Waals surface area (Å²) in [5.41, 5.74) is 5.46. The SMILES string of the molecule is CCc1ccc(CC)c(-c2cc(O)cc(O)c2CC)c1. The molecule has 2 aromatic rings. The van der Waals surface area contributed by atoms with Crippen molar-refractivity contribution in [2.24, 2.45) is 0 Å². The molecule has 0 radical (unpaired) electrons. The smallest absolute Gasteiger partial charge is 0.123 e. The van der Waals surface area contributed by atoms with E-state index in [0.29, 0.717) is 0 Å². The Labute approximate surface area is 120 Å². The number of rotatable bonds is 4. The summed E-state index contributed by atoms with van der Waals surface area (Å²) in [5.74, 6) is 0.283. The minimum absolute atomic E-state index is 0.110. The molecule has 0 amide bonds. The van der Waals surface area contributed by atoms with Crippen molar-refractivity contribution in [3.63, 3.8) is 0 Å². The molecule has 0 aromatic heterocycles. The van der Waals surface area contributed by atoms with Crippen molar-refractivity contribution in [1.82, 2.24) is 0 Å². The van der Waals surface area contributed by atoms with Gasteiger partial charge in [0, 0.05) is 11.6 Å². The lowest BCUT2D eigenvalue weighted by molar-refractivity contribution is 0.447. The van der Waals surface area contributed by atoms with Gasteiger partial charge in [-0.3, -0.25) is 0 Å². The Bertz CT molecular complexity index is 615. The van der Waals surface area contributed by atoms with Gasteiger partial charge < -0.3 is 10.2 Å². The Morgan fingerprint density at radius 2 is 1.55 bits per heavy atom. The van der Waals surface area contributed by atoms with E-state index in [9.17, 15) is 10.2 Å². The van der Waals surface area contributed by atoms with Gasteiger partial charge in [-0.05, 0) is 47.6 Å². The van der Waals surface area contributed by atoms with Crippen LogP contribution in [0.3, 0.4) is 0 Å². The van der Waals surface area contributed by atoms with Crippen LogP contribution in [-0.2, 0) is 19.3 Å². The van der Waals surface area contributed by atoms with E-state index >= 15 is 0 Å². The summed E-state index contributed by atoms with van der Waals surface area (Å²) in [4.78, 5) is 0. The van der Waals surface area contributed by atoms with E-state index in [0.717, 1.165) is 36.0 Å². The third kappa shape index (κ3) is 2.64. The first-order chi connectivity index (χ1) is 9.60. The van der Waals surface area contributed by atoms with E-state index in [1.807, 2.05) is 6.92 Å². The minimum Gasteiger partial charge on any atom is -0.508 e. The first-order valence-corrected chi connectivity index (χ1v) is 7.27. The first-order valence-electron chi connectivity index (χ1n) is 7.27. The summed E-state index contributed by atoms with van der Waals surface area (Å²) in [6.45, 7) is 6.27. The van der Waals surface area contributed by atoms with E-state index in [-0.39, 0.29) is 11.5 Å². The third-order valence-electron chi connectivity index (χ3n) is 3.82. The first kappa shape index (κ1) is 14.4. The number of aromatic hydroxyl groups is 2. The molecule has 2 heteroatoms. The lowest BCUT2D eigenvalue weighted by Crippen LogP contribution is -1.95. The van der Waals surface area contributed by atoms with Gasteiger partial charge >= 0.3 is 0 Å². The number of benzene rings is 2. The van der Waals surface area contributed by atoms with Crippen molar-refractivity contribution in [3.05, 3.63) is 47.0 Å². The predicted octanol–water partition coefficient (Wildman–Crippen LogP) is 4.45. The van der Waals surface area contributed by atoms with E-state index in [4.69, 9.17) is 0 Å². The molecule has 2 aromatic carbocycles. The Kier molecular flexibility index (Phi) is 4.33. The molecule has 2 N–H and O–H groups in total. The second-order valence-corrected chi connectivity index (χ2v) is 5.04. The molecule has 0 spiro atoms. The topological polar surface area (TPSA) is 40.5 Å². The molecule has 0 fully saturated rings. The quantitative estimate of drug-likeness (QED) is 0.861. The highest BCUT2D eigenvalue weighted by Crippen LogP contribution is 2.37. The lowest BCUT2D eigenvalue weighted by atomic mass is 9.90. The van der Waals surface area contributed by atoms with Gasteiger partial charge in [-0.25, -0.2) is 0 Å². The van der Waals surface area contributed by atoms with Crippen molar-refractivity contribution in [2.45, 2.75) is 40.0 Å². The fourth-order valence-corrected chi connectivity index (χ4v) is 2.66. The third-order valence-corrected chi connectivity index (χ3v) is 3.82. The molecule has 0 heterocycles. The fraction of sp³-hybridized carbons (Fsp3) is 0.333. The Hall–Kier alpha value is -1.96. The number of hydrogen-bond donors (Lipinski definition) is 2. The predicted molar refractivity (Wildman–Crippen MR) is 83.3 cm³/mol.